The van der Waals surface area contributed by atoms with Crippen molar-refractivity contribution in [2.24, 2.45) is 11.6 Å². The van der Waals surface area contributed by atoms with E-state index in [4.69, 9.17) is 22.1 Å². The van der Waals surface area contributed by atoms with Crippen molar-refractivity contribution in [3.63, 3.8) is 0 Å². The lowest BCUT2D eigenvalue weighted by Gasteiger charge is -2.08. The molecule has 0 atom stereocenters. The third-order valence-electron chi connectivity index (χ3n) is 3.12. The van der Waals surface area contributed by atoms with E-state index >= 15 is 0 Å². The first-order valence-electron chi connectivity index (χ1n) is 6.27. The summed E-state index contributed by atoms with van der Waals surface area (Å²) in [6.07, 6.45) is 0. The van der Waals surface area contributed by atoms with Crippen LogP contribution in [0.15, 0.2) is 48.2 Å². The van der Waals surface area contributed by atoms with E-state index in [-0.39, 0.29) is 17.0 Å². The molecular weight excluding hydrogens is 281 g/mol. The maximum atomic E-state index is 13.4. The van der Waals surface area contributed by atoms with Crippen molar-refractivity contribution in [1.82, 2.24) is 5.43 Å². The normalized spacial score (nSPS) is 11.1. The minimum Gasteiger partial charge on any atom is -0.396 e. The predicted octanol–water partition coefficient (Wildman–Crippen LogP) is 1.98. The van der Waals surface area contributed by atoms with Gasteiger partial charge in [-0.3, -0.25) is 0 Å². The van der Waals surface area contributed by atoms with Gasteiger partial charge in [-0.2, -0.15) is 10.5 Å². The van der Waals surface area contributed by atoms with Crippen LogP contribution >= 0.6 is 0 Å². The van der Waals surface area contributed by atoms with Gasteiger partial charge in [-0.05, 0) is 29.3 Å². The number of rotatable bonds is 3. The van der Waals surface area contributed by atoms with Gasteiger partial charge in [0, 0.05) is 5.56 Å². The molecule has 0 saturated carbocycles. The molecule has 108 valence electrons. The van der Waals surface area contributed by atoms with E-state index in [1.54, 1.807) is 36.4 Å². The summed E-state index contributed by atoms with van der Waals surface area (Å²) in [6.45, 7) is 0. The Morgan fingerprint density at radius 3 is 2.45 bits per heavy atom. The van der Waals surface area contributed by atoms with Crippen LogP contribution in [0.1, 0.15) is 11.1 Å². The largest absolute Gasteiger partial charge is 0.396 e. The summed E-state index contributed by atoms with van der Waals surface area (Å²) in [6, 6.07) is 14.9. The van der Waals surface area contributed by atoms with Crippen molar-refractivity contribution in [2.45, 2.75) is 0 Å². The number of halogens is 1. The molecule has 0 aliphatic heterocycles. The third kappa shape index (κ3) is 2.88. The maximum Gasteiger partial charge on any atom is 0.151 e. The van der Waals surface area contributed by atoms with Gasteiger partial charge in [0.2, 0.25) is 0 Å². The summed E-state index contributed by atoms with van der Waals surface area (Å²) in [4.78, 5) is 0. The molecular formula is C16H12FN5. The molecule has 5 nitrogen and oxygen atoms in total. The number of hydrogen-bond acceptors (Lipinski definition) is 5. The highest BCUT2D eigenvalue weighted by Crippen LogP contribution is 2.24. The first-order chi connectivity index (χ1) is 10.6. The van der Waals surface area contributed by atoms with Crippen LogP contribution < -0.4 is 17.0 Å². The molecule has 0 radical (unpaired) electrons. The summed E-state index contributed by atoms with van der Waals surface area (Å²) in [5, 5.41) is 17.8. The average molecular weight is 293 g/mol. The highest BCUT2D eigenvalue weighted by atomic mass is 19.1. The van der Waals surface area contributed by atoms with Crippen molar-refractivity contribution in [1.29, 1.82) is 10.5 Å². The molecule has 0 spiro atoms. The van der Waals surface area contributed by atoms with Gasteiger partial charge in [-0.15, -0.1) is 0 Å². The number of hydrazine groups is 1. The van der Waals surface area contributed by atoms with Crippen LogP contribution in [0.2, 0.25) is 0 Å². The van der Waals surface area contributed by atoms with Crippen molar-refractivity contribution in [2.75, 3.05) is 0 Å². The molecule has 2 rings (SSSR count). The lowest BCUT2D eigenvalue weighted by Crippen LogP contribution is -2.23. The lowest BCUT2D eigenvalue weighted by atomic mass is 9.99. The molecule has 6 heteroatoms. The smallest absolute Gasteiger partial charge is 0.151 e. The van der Waals surface area contributed by atoms with E-state index < -0.39 is 5.82 Å². The topological polar surface area (TPSA) is 112 Å². The summed E-state index contributed by atoms with van der Waals surface area (Å²) in [5.41, 5.74) is 10.4. The number of nitrogens with one attached hydrogen (secondary N) is 1. The zero-order valence-electron chi connectivity index (χ0n) is 11.5. The molecule has 0 bridgehead atoms. The molecule has 2 aromatic rings. The molecule has 0 unspecified atom stereocenters. The Morgan fingerprint density at radius 2 is 1.82 bits per heavy atom. The second-order valence-corrected chi connectivity index (χ2v) is 4.43. The quantitative estimate of drug-likeness (QED) is 0.455. The van der Waals surface area contributed by atoms with Crippen LogP contribution in [0.5, 0.6) is 0 Å². The van der Waals surface area contributed by atoms with Crippen LogP contribution in [0.4, 0.5) is 4.39 Å². The van der Waals surface area contributed by atoms with Crippen molar-refractivity contribution in [3.8, 4) is 23.3 Å². The second-order valence-electron chi connectivity index (χ2n) is 4.43. The van der Waals surface area contributed by atoms with Gasteiger partial charge in [0.15, 0.2) is 5.70 Å². The molecule has 0 aromatic heterocycles. The molecule has 2 aromatic carbocycles. The van der Waals surface area contributed by atoms with Crippen LogP contribution in [0, 0.1) is 28.5 Å². The van der Waals surface area contributed by atoms with E-state index in [9.17, 15) is 4.39 Å². The number of hydrogen-bond donors (Lipinski definition) is 3. The van der Waals surface area contributed by atoms with Gasteiger partial charge >= 0.3 is 0 Å². The van der Waals surface area contributed by atoms with Gasteiger partial charge in [0.1, 0.15) is 18.0 Å². The maximum absolute atomic E-state index is 13.4. The molecule has 0 saturated heterocycles. The Balaban J connectivity index is 2.53. The fraction of sp³-hybridized carbons (Fsp3) is 0. The fourth-order valence-corrected chi connectivity index (χ4v) is 1.97. The van der Waals surface area contributed by atoms with Gasteiger partial charge in [0.05, 0.1) is 11.3 Å². The Bertz CT molecular complexity index is 827. The van der Waals surface area contributed by atoms with Crippen LogP contribution in [0.25, 0.3) is 16.8 Å². The number of benzene rings is 2. The Hall–Kier alpha value is -3.35. The Kier molecular flexibility index (Phi) is 4.38. The SMILES string of the molecule is N#C/C(NN)=C(/N)c1cccc(-c2ccc(F)c(C#N)c2)c1. The molecule has 22 heavy (non-hydrogen) atoms. The first-order valence-corrected chi connectivity index (χ1v) is 6.27. The van der Waals surface area contributed by atoms with E-state index in [0.717, 1.165) is 5.56 Å². The van der Waals surface area contributed by atoms with Crippen LogP contribution in [-0.4, -0.2) is 0 Å². The van der Waals surface area contributed by atoms with Gasteiger partial charge < -0.3 is 11.2 Å². The number of nitrogens with two attached hydrogens (primary N) is 2. The van der Waals surface area contributed by atoms with Crippen molar-refractivity contribution >= 4 is 5.70 Å². The zero-order chi connectivity index (χ0) is 16.1. The second kappa shape index (κ2) is 6.40. The number of nitrogens with zero attached hydrogens (tertiary/aromatic N) is 2. The van der Waals surface area contributed by atoms with Crippen LogP contribution in [0.3, 0.4) is 0 Å². The van der Waals surface area contributed by atoms with E-state index in [1.807, 2.05) is 6.07 Å². The minimum absolute atomic E-state index is 0.0345. The molecule has 0 amide bonds. The molecule has 0 aliphatic rings. The van der Waals surface area contributed by atoms with E-state index in [2.05, 4.69) is 5.43 Å². The predicted molar refractivity (Wildman–Crippen MR) is 80.6 cm³/mol. The monoisotopic (exact) mass is 293 g/mol. The Morgan fingerprint density at radius 1 is 1.09 bits per heavy atom. The van der Waals surface area contributed by atoms with Gasteiger partial charge in [0.25, 0.3) is 0 Å². The zero-order valence-corrected chi connectivity index (χ0v) is 11.5. The first kappa shape index (κ1) is 15.0. The highest BCUT2D eigenvalue weighted by Gasteiger charge is 2.08. The summed E-state index contributed by atoms with van der Waals surface area (Å²) in [7, 11) is 0. The summed E-state index contributed by atoms with van der Waals surface area (Å²) in [5.74, 6) is 4.67. The standard InChI is InChI=1S/C16H12FN5/c17-14-5-4-11(7-13(14)8-18)10-2-1-3-12(6-10)16(20)15(9-19)22-21/h1-7,22H,20-21H2/b16-15-. The minimum atomic E-state index is -0.569. The van der Waals surface area contributed by atoms with E-state index in [0.29, 0.717) is 11.1 Å². The van der Waals surface area contributed by atoms with E-state index in [1.165, 1.54) is 12.1 Å². The Labute approximate surface area is 126 Å². The molecule has 5 N–H and O–H groups in total. The van der Waals surface area contributed by atoms with Crippen molar-refractivity contribution in [3.05, 3.63) is 65.1 Å². The molecule has 0 fully saturated rings. The fourth-order valence-electron chi connectivity index (χ4n) is 1.97. The average Bonchev–Trinajstić information content (AvgIpc) is 2.56. The summed E-state index contributed by atoms with van der Waals surface area (Å²) >= 11 is 0. The number of nitriles is 2. The highest BCUT2D eigenvalue weighted by molar-refractivity contribution is 5.74. The third-order valence-corrected chi connectivity index (χ3v) is 3.12. The molecule has 0 heterocycles. The van der Waals surface area contributed by atoms with Crippen LogP contribution in [-0.2, 0) is 0 Å². The molecule has 0 aliphatic carbocycles. The summed E-state index contributed by atoms with van der Waals surface area (Å²) < 4.78 is 13.4. The lowest BCUT2D eigenvalue weighted by molar-refractivity contribution is 0.624. The number of allylic oxidation sites excluding steroid dienone is 1. The van der Waals surface area contributed by atoms with Crippen molar-refractivity contribution < 1.29 is 4.39 Å². The van der Waals surface area contributed by atoms with Gasteiger partial charge in [-0.25, -0.2) is 10.2 Å². The van der Waals surface area contributed by atoms with Gasteiger partial charge in [-0.1, -0.05) is 24.3 Å².